The Morgan fingerprint density at radius 1 is 1.10 bits per heavy atom. The van der Waals surface area contributed by atoms with Crippen LogP contribution >= 0.6 is 11.3 Å². The van der Waals surface area contributed by atoms with Gasteiger partial charge in [0.15, 0.2) is 0 Å². The molecule has 6 heteroatoms. The molecule has 0 fully saturated rings. The Bertz CT molecular complexity index is 583. The zero-order valence-corrected chi connectivity index (χ0v) is 12.1. The van der Waals surface area contributed by atoms with Crippen molar-refractivity contribution in [1.82, 2.24) is 0 Å². The normalized spacial score (nSPS) is 10.1. The molecule has 0 aliphatic carbocycles. The van der Waals surface area contributed by atoms with Crippen LogP contribution in [-0.2, 0) is 20.9 Å². The highest BCUT2D eigenvalue weighted by Crippen LogP contribution is 2.14. The van der Waals surface area contributed by atoms with Crippen LogP contribution in [0.1, 0.15) is 4.88 Å². The maximum absolute atomic E-state index is 11.9. The SMILES string of the molecule is O=C(O)CN(CC(=O)OCc1cccs1)c1ccccc1. The molecule has 1 aromatic heterocycles. The summed E-state index contributed by atoms with van der Waals surface area (Å²) in [5.41, 5.74) is 0.674. The highest BCUT2D eigenvalue weighted by Gasteiger charge is 2.15. The van der Waals surface area contributed by atoms with E-state index in [-0.39, 0.29) is 19.7 Å². The Labute approximate surface area is 126 Å². The van der Waals surface area contributed by atoms with Gasteiger partial charge in [0.25, 0.3) is 0 Å². The number of carboxylic acid groups (broad SMARTS) is 1. The van der Waals surface area contributed by atoms with Crippen molar-refractivity contribution >= 4 is 29.0 Å². The lowest BCUT2D eigenvalue weighted by Gasteiger charge is -2.21. The third kappa shape index (κ3) is 4.92. The molecule has 0 aliphatic rings. The minimum Gasteiger partial charge on any atom is -0.480 e. The highest BCUT2D eigenvalue weighted by atomic mass is 32.1. The zero-order valence-electron chi connectivity index (χ0n) is 11.3. The number of carboxylic acids is 1. The zero-order chi connectivity index (χ0) is 15.1. The van der Waals surface area contributed by atoms with Crippen LogP contribution in [0.15, 0.2) is 47.8 Å². The lowest BCUT2D eigenvalue weighted by molar-refractivity contribution is -0.143. The van der Waals surface area contributed by atoms with Gasteiger partial charge in [0.1, 0.15) is 19.7 Å². The van der Waals surface area contributed by atoms with Gasteiger partial charge >= 0.3 is 11.9 Å². The van der Waals surface area contributed by atoms with Crippen LogP contribution in [0.3, 0.4) is 0 Å². The molecule has 21 heavy (non-hydrogen) atoms. The second kappa shape index (κ2) is 7.44. The van der Waals surface area contributed by atoms with Gasteiger partial charge < -0.3 is 14.7 Å². The number of anilines is 1. The van der Waals surface area contributed by atoms with Crippen LogP contribution in [0, 0.1) is 0 Å². The summed E-state index contributed by atoms with van der Waals surface area (Å²) in [6.07, 6.45) is 0. The van der Waals surface area contributed by atoms with Crippen molar-refractivity contribution in [3.05, 3.63) is 52.7 Å². The number of rotatable bonds is 7. The largest absolute Gasteiger partial charge is 0.480 e. The van der Waals surface area contributed by atoms with Crippen molar-refractivity contribution in [1.29, 1.82) is 0 Å². The minimum absolute atomic E-state index is 0.0955. The molecule has 110 valence electrons. The number of hydrogen-bond donors (Lipinski definition) is 1. The first-order valence-electron chi connectivity index (χ1n) is 6.35. The third-order valence-corrected chi connectivity index (χ3v) is 3.57. The average molecular weight is 305 g/mol. The summed E-state index contributed by atoms with van der Waals surface area (Å²) in [5, 5.41) is 10.9. The lowest BCUT2D eigenvalue weighted by atomic mass is 10.3. The third-order valence-electron chi connectivity index (χ3n) is 2.72. The number of thiophene rings is 1. The Balaban J connectivity index is 1.94. The predicted octanol–water partition coefficient (Wildman–Crippen LogP) is 2.38. The van der Waals surface area contributed by atoms with Gasteiger partial charge in [-0.25, -0.2) is 0 Å². The minimum atomic E-state index is -0.995. The van der Waals surface area contributed by atoms with E-state index in [2.05, 4.69) is 0 Å². The second-order valence-corrected chi connectivity index (χ2v) is 5.36. The monoisotopic (exact) mass is 305 g/mol. The van der Waals surface area contributed by atoms with Crippen molar-refractivity contribution in [3.63, 3.8) is 0 Å². The molecule has 0 saturated heterocycles. The molecule has 0 amide bonds. The van der Waals surface area contributed by atoms with E-state index in [0.29, 0.717) is 5.69 Å². The first-order chi connectivity index (χ1) is 10.1. The molecule has 1 heterocycles. The predicted molar refractivity (Wildman–Crippen MR) is 80.4 cm³/mol. The Hall–Kier alpha value is -2.34. The van der Waals surface area contributed by atoms with Gasteiger partial charge in [0.2, 0.25) is 0 Å². The van der Waals surface area contributed by atoms with E-state index >= 15 is 0 Å². The number of hydrogen-bond acceptors (Lipinski definition) is 5. The van der Waals surface area contributed by atoms with Crippen molar-refractivity contribution in [2.24, 2.45) is 0 Å². The summed E-state index contributed by atoms with van der Waals surface area (Å²) < 4.78 is 5.16. The standard InChI is InChI=1S/C15H15NO4S/c17-14(18)9-16(12-5-2-1-3-6-12)10-15(19)20-11-13-7-4-8-21-13/h1-8H,9-11H2,(H,17,18). The van der Waals surface area contributed by atoms with E-state index in [1.165, 1.54) is 16.2 Å². The van der Waals surface area contributed by atoms with Gasteiger partial charge in [-0.15, -0.1) is 11.3 Å². The molecule has 2 aromatic rings. The second-order valence-electron chi connectivity index (χ2n) is 4.33. The Morgan fingerprint density at radius 3 is 2.48 bits per heavy atom. The van der Waals surface area contributed by atoms with Gasteiger partial charge in [-0.1, -0.05) is 24.3 Å². The number of benzene rings is 1. The quantitative estimate of drug-likeness (QED) is 0.796. The van der Waals surface area contributed by atoms with Crippen LogP contribution in [0.4, 0.5) is 5.69 Å². The molecule has 0 aliphatic heterocycles. The number of carbonyl (C=O) groups is 2. The van der Waals surface area contributed by atoms with Crippen LogP contribution < -0.4 is 4.90 Å². The molecule has 1 N–H and O–H groups in total. The maximum Gasteiger partial charge on any atom is 0.325 e. The Kier molecular flexibility index (Phi) is 5.34. The van der Waals surface area contributed by atoms with E-state index < -0.39 is 11.9 Å². The van der Waals surface area contributed by atoms with Gasteiger partial charge in [-0.05, 0) is 23.6 Å². The van der Waals surface area contributed by atoms with Gasteiger partial charge in [0, 0.05) is 10.6 Å². The molecule has 0 radical (unpaired) electrons. The number of nitrogens with zero attached hydrogens (tertiary/aromatic N) is 1. The molecule has 0 atom stereocenters. The van der Waals surface area contributed by atoms with Crippen molar-refractivity contribution in [2.45, 2.75) is 6.61 Å². The number of ether oxygens (including phenoxy) is 1. The topological polar surface area (TPSA) is 66.8 Å². The molecule has 1 aromatic carbocycles. The molecular formula is C15H15NO4S. The molecule has 0 spiro atoms. The smallest absolute Gasteiger partial charge is 0.325 e. The fourth-order valence-electron chi connectivity index (χ4n) is 1.79. The van der Waals surface area contributed by atoms with E-state index in [4.69, 9.17) is 9.84 Å². The fourth-order valence-corrected chi connectivity index (χ4v) is 2.40. The summed E-state index contributed by atoms with van der Waals surface area (Å²) in [7, 11) is 0. The van der Waals surface area contributed by atoms with E-state index in [0.717, 1.165) is 4.88 Å². The van der Waals surface area contributed by atoms with E-state index in [1.54, 1.807) is 24.3 Å². The summed E-state index contributed by atoms with van der Waals surface area (Å²) in [6.45, 7) is -0.133. The lowest BCUT2D eigenvalue weighted by Crippen LogP contribution is -2.35. The molecule has 5 nitrogen and oxygen atoms in total. The van der Waals surface area contributed by atoms with Crippen molar-refractivity contribution in [3.8, 4) is 0 Å². The van der Waals surface area contributed by atoms with Crippen LogP contribution in [0.5, 0.6) is 0 Å². The van der Waals surface area contributed by atoms with Gasteiger partial charge in [0.05, 0.1) is 0 Å². The van der Waals surface area contributed by atoms with Crippen LogP contribution in [-0.4, -0.2) is 30.1 Å². The molecular weight excluding hydrogens is 290 g/mol. The number of aliphatic carboxylic acids is 1. The van der Waals surface area contributed by atoms with Gasteiger partial charge in [-0.2, -0.15) is 0 Å². The summed E-state index contributed by atoms with van der Waals surface area (Å²) >= 11 is 1.51. The van der Waals surface area contributed by atoms with Gasteiger partial charge in [-0.3, -0.25) is 9.59 Å². The molecule has 0 bridgehead atoms. The number of carbonyl (C=O) groups excluding carboxylic acids is 1. The molecule has 0 unspecified atom stereocenters. The summed E-state index contributed by atoms with van der Waals surface area (Å²) in [5.74, 6) is -1.45. The Morgan fingerprint density at radius 2 is 1.86 bits per heavy atom. The fraction of sp³-hybridized carbons (Fsp3) is 0.200. The summed E-state index contributed by atoms with van der Waals surface area (Å²) in [6, 6.07) is 12.7. The summed E-state index contributed by atoms with van der Waals surface area (Å²) in [4.78, 5) is 25.2. The average Bonchev–Trinajstić information content (AvgIpc) is 2.98. The van der Waals surface area contributed by atoms with Crippen LogP contribution in [0.25, 0.3) is 0 Å². The van der Waals surface area contributed by atoms with Crippen LogP contribution in [0.2, 0.25) is 0 Å². The first kappa shape index (κ1) is 15.1. The van der Waals surface area contributed by atoms with Crippen molar-refractivity contribution < 1.29 is 19.4 Å². The molecule has 2 rings (SSSR count). The number of esters is 1. The highest BCUT2D eigenvalue weighted by molar-refractivity contribution is 7.09. The van der Waals surface area contributed by atoms with Crippen molar-refractivity contribution in [2.75, 3.05) is 18.0 Å². The first-order valence-corrected chi connectivity index (χ1v) is 7.23. The number of para-hydroxylation sites is 1. The van der Waals surface area contributed by atoms with E-state index in [9.17, 15) is 9.59 Å². The van der Waals surface area contributed by atoms with E-state index in [1.807, 2.05) is 23.6 Å². The maximum atomic E-state index is 11.9. The molecule has 0 saturated carbocycles.